The Morgan fingerprint density at radius 2 is 1.75 bits per heavy atom. The summed E-state index contributed by atoms with van der Waals surface area (Å²) in [6.45, 7) is 5.69. The second-order valence-corrected chi connectivity index (χ2v) is 6.61. The van der Waals surface area contributed by atoms with Gasteiger partial charge in [-0.25, -0.2) is 0 Å². The average Bonchev–Trinajstić information content (AvgIpc) is 2.93. The topological polar surface area (TPSA) is 55.1 Å². The predicted octanol–water partition coefficient (Wildman–Crippen LogP) is 5.28. The SMILES string of the molecule is Cc1cccc(C)c1NC(=O)c1c(-c2cccc(Br)c2)noc1C. The molecule has 0 saturated heterocycles. The van der Waals surface area contributed by atoms with Crippen LogP contribution in [-0.2, 0) is 0 Å². The molecule has 122 valence electrons. The summed E-state index contributed by atoms with van der Waals surface area (Å²) in [6.07, 6.45) is 0. The van der Waals surface area contributed by atoms with Crippen LogP contribution in [0.15, 0.2) is 51.5 Å². The quantitative estimate of drug-likeness (QED) is 0.667. The van der Waals surface area contributed by atoms with E-state index in [1.165, 1.54) is 0 Å². The molecule has 1 amide bonds. The van der Waals surface area contributed by atoms with E-state index in [-0.39, 0.29) is 5.91 Å². The van der Waals surface area contributed by atoms with Gasteiger partial charge in [0.15, 0.2) is 0 Å². The lowest BCUT2D eigenvalue weighted by Crippen LogP contribution is -2.15. The Labute approximate surface area is 149 Å². The van der Waals surface area contributed by atoms with Crippen LogP contribution in [0.3, 0.4) is 0 Å². The molecule has 3 aromatic rings. The highest BCUT2D eigenvalue weighted by Crippen LogP contribution is 2.29. The fourth-order valence-corrected chi connectivity index (χ4v) is 3.06. The number of benzene rings is 2. The van der Waals surface area contributed by atoms with Gasteiger partial charge >= 0.3 is 0 Å². The van der Waals surface area contributed by atoms with Gasteiger partial charge < -0.3 is 9.84 Å². The van der Waals surface area contributed by atoms with Gasteiger partial charge in [-0.1, -0.05) is 51.4 Å². The van der Waals surface area contributed by atoms with Crippen molar-refractivity contribution in [2.45, 2.75) is 20.8 Å². The molecule has 0 aliphatic rings. The van der Waals surface area contributed by atoms with Gasteiger partial charge in [0.05, 0.1) is 0 Å². The number of hydrogen-bond donors (Lipinski definition) is 1. The number of halogens is 1. The zero-order valence-electron chi connectivity index (χ0n) is 13.7. The number of anilines is 1. The third-order valence-corrected chi connectivity index (χ3v) is 4.40. The van der Waals surface area contributed by atoms with Crippen molar-refractivity contribution in [1.82, 2.24) is 5.16 Å². The van der Waals surface area contributed by atoms with E-state index in [2.05, 4.69) is 26.4 Å². The minimum absolute atomic E-state index is 0.221. The second-order valence-electron chi connectivity index (χ2n) is 5.69. The maximum atomic E-state index is 12.9. The van der Waals surface area contributed by atoms with Crippen molar-refractivity contribution in [2.75, 3.05) is 5.32 Å². The number of aryl methyl sites for hydroxylation is 3. The molecule has 0 aliphatic carbocycles. The molecular weight excluding hydrogens is 368 g/mol. The molecule has 4 nitrogen and oxygen atoms in total. The summed E-state index contributed by atoms with van der Waals surface area (Å²) in [7, 11) is 0. The lowest BCUT2D eigenvalue weighted by atomic mass is 10.0. The zero-order chi connectivity index (χ0) is 17.3. The van der Waals surface area contributed by atoms with Crippen molar-refractivity contribution < 1.29 is 9.32 Å². The Bertz CT molecular complexity index is 895. The molecule has 0 spiro atoms. The average molecular weight is 385 g/mol. The van der Waals surface area contributed by atoms with E-state index < -0.39 is 0 Å². The fourth-order valence-electron chi connectivity index (χ4n) is 2.66. The molecule has 0 bridgehead atoms. The number of aromatic nitrogens is 1. The van der Waals surface area contributed by atoms with Crippen LogP contribution in [0, 0.1) is 20.8 Å². The van der Waals surface area contributed by atoms with Crippen LogP contribution in [0.5, 0.6) is 0 Å². The summed E-state index contributed by atoms with van der Waals surface area (Å²) in [6, 6.07) is 13.5. The van der Waals surface area contributed by atoms with Crippen LogP contribution in [0.4, 0.5) is 5.69 Å². The lowest BCUT2D eigenvalue weighted by Gasteiger charge is -2.11. The van der Waals surface area contributed by atoms with E-state index in [1.807, 2.05) is 56.3 Å². The molecule has 3 rings (SSSR count). The molecule has 5 heteroatoms. The minimum atomic E-state index is -0.221. The molecule has 1 aromatic heterocycles. The Hall–Kier alpha value is -2.40. The standard InChI is InChI=1S/C19H17BrN2O2/c1-11-6-4-7-12(2)17(11)21-19(23)16-13(3)24-22-18(16)14-8-5-9-15(20)10-14/h4-10H,1-3H3,(H,21,23). The Balaban J connectivity index is 2.01. The first kappa shape index (κ1) is 16.5. The van der Waals surface area contributed by atoms with E-state index in [0.717, 1.165) is 26.9 Å². The number of amides is 1. The number of nitrogens with zero attached hydrogens (tertiary/aromatic N) is 1. The number of para-hydroxylation sites is 1. The fraction of sp³-hybridized carbons (Fsp3) is 0.158. The molecule has 0 unspecified atom stereocenters. The third-order valence-electron chi connectivity index (χ3n) is 3.91. The first-order valence-electron chi connectivity index (χ1n) is 7.57. The monoisotopic (exact) mass is 384 g/mol. The number of rotatable bonds is 3. The first-order valence-corrected chi connectivity index (χ1v) is 8.36. The maximum Gasteiger partial charge on any atom is 0.261 e. The summed E-state index contributed by atoms with van der Waals surface area (Å²) in [4.78, 5) is 12.9. The lowest BCUT2D eigenvalue weighted by molar-refractivity contribution is 0.102. The largest absolute Gasteiger partial charge is 0.360 e. The van der Waals surface area contributed by atoms with Gasteiger partial charge in [0.25, 0.3) is 5.91 Å². The van der Waals surface area contributed by atoms with Gasteiger partial charge in [0, 0.05) is 15.7 Å². The highest BCUT2D eigenvalue weighted by Gasteiger charge is 2.22. The number of carbonyl (C=O) groups is 1. The van der Waals surface area contributed by atoms with Gasteiger partial charge in [-0.2, -0.15) is 0 Å². The van der Waals surface area contributed by atoms with E-state index >= 15 is 0 Å². The molecule has 0 fully saturated rings. The number of hydrogen-bond acceptors (Lipinski definition) is 3. The van der Waals surface area contributed by atoms with E-state index in [1.54, 1.807) is 6.92 Å². The van der Waals surface area contributed by atoms with Crippen molar-refractivity contribution >= 4 is 27.5 Å². The Morgan fingerprint density at radius 3 is 2.42 bits per heavy atom. The van der Waals surface area contributed by atoms with Gasteiger partial charge in [-0.05, 0) is 44.0 Å². The summed E-state index contributed by atoms with van der Waals surface area (Å²) in [5.41, 5.74) is 4.67. The zero-order valence-corrected chi connectivity index (χ0v) is 15.3. The summed E-state index contributed by atoms with van der Waals surface area (Å²) >= 11 is 3.44. The summed E-state index contributed by atoms with van der Waals surface area (Å²) in [5.74, 6) is 0.273. The van der Waals surface area contributed by atoms with Gasteiger partial charge in [0.1, 0.15) is 17.0 Å². The van der Waals surface area contributed by atoms with Crippen LogP contribution in [0.1, 0.15) is 27.2 Å². The number of carbonyl (C=O) groups excluding carboxylic acids is 1. The number of nitrogens with one attached hydrogen (secondary N) is 1. The van der Waals surface area contributed by atoms with Crippen LogP contribution < -0.4 is 5.32 Å². The smallest absolute Gasteiger partial charge is 0.261 e. The van der Waals surface area contributed by atoms with Crippen molar-refractivity contribution in [3.63, 3.8) is 0 Å². The van der Waals surface area contributed by atoms with Crippen molar-refractivity contribution in [2.24, 2.45) is 0 Å². The van der Waals surface area contributed by atoms with Crippen molar-refractivity contribution in [3.8, 4) is 11.3 Å². The van der Waals surface area contributed by atoms with Crippen LogP contribution >= 0.6 is 15.9 Å². The highest BCUT2D eigenvalue weighted by molar-refractivity contribution is 9.10. The van der Waals surface area contributed by atoms with E-state index in [0.29, 0.717) is 17.0 Å². The summed E-state index contributed by atoms with van der Waals surface area (Å²) < 4.78 is 6.20. The van der Waals surface area contributed by atoms with Gasteiger partial charge in [-0.3, -0.25) is 4.79 Å². The molecule has 1 N–H and O–H groups in total. The third kappa shape index (κ3) is 3.12. The van der Waals surface area contributed by atoms with E-state index in [9.17, 15) is 4.79 Å². The minimum Gasteiger partial charge on any atom is -0.360 e. The molecule has 24 heavy (non-hydrogen) atoms. The maximum absolute atomic E-state index is 12.9. The van der Waals surface area contributed by atoms with Crippen LogP contribution in [0.25, 0.3) is 11.3 Å². The van der Waals surface area contributed by atoms with Crippen LogP contribution in [0.2, 0.25) is 0 Å². The molecule has 0 aliphatic heterocycles. The van der Waals surface area contributed by atoms with Crippen molar-refractivity contribution in [1.29, 1.82) is 0 Å². The Morgan fingerprint density at radius 1 is 1.08 bits per heavy atom. The van der Waals surface area contributed by atoms with Gasteiger partial charge in [0.2, 0.25) is 0 Å². The van der Waals surface area contributed by atoms with Crippen molar-refractivity contribution in [3.05, 3.63) is 69.4 Å². The molecule has 0 saturated carbocycles. The van der Waals surface area contributed by atoms with E-state index in [4.69, 9.17) is 4.52 Å². The highest BCUT2D eigenvalue weighted by atomic mass is 79.9. The normalized spacial score (nSPS) is 10.7. The molecular formula is C19H17BrN2O2. The van der Waals surface area contributed by atoms with Crippen LogP contribution in [-0.4, -0.2) is 11.1 Å². The summed E-state index contributed by atoms with van der Waals surface area (Å²) in [5, 5.41) is 7.07. The Kier molecular flexibility index (Phi) is 4.53. The first-order chi connectivity index (χ1) is 11.5. The second kappa shape index (κ2) is 6.61. The molecule has 0 radical (unpaired) electrons. The van der Waals surface area contributed by atoms with Gasteiger partial charge in [-0.15, -0.1) is 0 Å². The molecule has 1 heterocycles. The predicted molar refractivity (Wildman–Crippen MR) is 98.2 cm³/mol. The molecule has 2 aromatic carbocycles. The molecule has 0 atom stereocenters.